The van der Waals surface area contributed by atoms with Crippen molar-refractivity contribution >= 4 is 16.8 Å². The molecular formula is C13H15N3O2. The number of hydrogen-bond donors (Lipinski definition) is 2. The van der Waals surface area contributed by atoms with Crippen LogP contribution in [-0.2, 0) is 0 Å². The SMILES string of the molecule is O=C(c1cccc2cn[nH]c12)N1CCCC1CO. The summed E-state index contributed by atoms with van der Waals surface area (Å²) in [7, 11) is 0. The summed E-state index contributed by atoms with van der Waals surface area (Å²) in [5, 5.41) is 17.1. The fourth-order valence-electron chi connectivity index (χ4n) is 2.59. The van der Waals surface area contributed by atoms with Gasteiger partial charge >= 0.3 is 0 Å². The van der Waals surface area contributed by atoms with Crippen LogP contribution < -0.4 is 0 Å². The summed E-state index contributed by atoms with van der Waals surface area (Å²) in [6.45, 7) is 0.749. The number of aliphatic hydroxyl groups is 1. The molecule has 2 heterocycles. The van der Waals surface area contributed by atoms with E-state index < -0.39 is 0 Å². The third-order valence-electron chi connectivity index (χ3n) is 3.56. The van der Waals surface area contributed by atoms with Crippen LogP contribution in [0.3, 0.4) is 0 Å². The van der Waals surface area contributed by atoms with Crippen LogP contribution in [0.1, 0.15) is 23.2 Å². The highest BCUT2D eigenvalue weighted by atomic mass is 16.3. The Balaban J connectivity index is 1.99. The number of rotatable bonds is 2. The maximum absolute atomic E-state index is 12.5. The van der Waals surface area contributed by atoms with Gasteiger partial charge in [-0.3, -0.25) is 9.89 Å². The first-order valence-electron chi connectivity index (χ1n) is 6.15. The molecule has 1 aliphatic heterocycles. The Labute approximate surface area is 104 Å². The molecule has 1 aromatic heterocycles. The Morgan fingerprint density at radius 3 is 3.28 bits per heavy atom. The van der Waals surface area contributed by atoms with Crippen LogP contribution in [0, 0.1) is 0 Å². The lowest BCUT2D eigenvalue weighted by Gasteiger charge is -2.23. The minimum Gasteiger partial charge on any atom is -0.394 e. The monoisotopic (exact) mass is 245 g/mol. The molecule has 1 saturated heterocycles. The highest BCUT2D eigenvalue weighted by Crippen LogP contribution is 2.23. The van der Waals surface area contributed by atoms with E-state index in [-0.39, 0.29) is 18.6 Å². The number of hydrogen-bond acceptors (Lipinski definition) is 3. The van der Waals surface area contributed by atoms with Crippen molar-refractivity contribution in [2.24, 2.45) is 0 Å². The van der Waals surface area contributed by atoms with Gasteiger partial charge < -0.3 is 10.0 Å². The number of aromatic amines is 1. The topological polar surface area (TPSA) is 69.2 Å². The zero-order valence-electron chi connectivity index (χ0n) is 9.97. The lowest BCUT2D eigenvalue weighted by Crippen LogP contribution is -2.37. The number of carbonyl (C=O) groups is 1. The van der Waals surface area contributed by atoms with Crippen molar-refractivity contribution in [1.82, 2.24) is 15.1 Å². The van der Waals surface area contributed by atoms with Gasteiger partial charge in [0.15, 0.2) is 0 Å². The van der Waals surface area contributed by atoms with Gasteiger partial charge in [0.25, 0.3) is 5.91 Å². The third kappa shape index (κ3) is 1.67. The van der Waals surface area contributed by atoms with Crippen LogP contribution in [0.5, 0.6) is 0 Å². The van der Waals surface area contributed by atoms with E-state index in [9.17, 15) is 9.90 Å². The molecule has 1 amide bonds. The molecule has 0 radical (unpaired) electrons. The predicted octanol–water partition coefficient (Wildman–Crippen LogP) is 1.16. The molecular weight excluding hydrogens is 230 g/mol. The van der Waals surface area contributed by atoms with Gasteiger partial charge in [-0.1, -0.05) is 12.1 Å². The van der Waals surface area contributed by atoms with Crippen molar-refractivity contribution in [3.05, 3.63) is 30.0 Å². The summed E-state index contributed by atoms with van der Waals surface area (Å²) in [5.74, 6) is -0.0265. The number of fused-ring (bicyclic) bond motifs is 1. The molecule has 3 rings (SSSR count). The molecule has 5 nitrogen and oxygen atoms in total. The predicted molar refractivity (Wildman–Crippen MR) is 67.2 cm³/mol. The summed E-state index contributed by atoms with van der Waals surface area (Å²) >= 11 is 0. The van der Waals surface area contributed by atoms with Crippen molar-refractivity contribution < 1.29 is 9.90 Å². The molecule has 0 spiro atoms. The standard InChI is InChI=1S/C13H15N3O2/c17-8-10-4-2-6-16(10)13(18)11-5-1-3-9-7-14-15-12(9)11/h1,3,5,7,10,17H,2,4,6,8H2,(H,14,15). The molecule has 0 bridgehead atoms. The first kappa shape index (κ1) is 11.2. The second-order valence-electron chi connectivity index (χ2n) is 4.62. The fourth-order valence-corrected chi connectivity index (χ4v) is 2.59. The summed E-state index contributed by atoms with van der Waals surface area (Å²) in [6, 6.07) is 5.53. The van der Waals surface area contributed by atoms with E-state index in [1.165, 1.54) is 0 Å². The largest absolute Gasteiger partial charge is 0.394 e. The smallest absolute Gasteiger partial charge is 0.256 e. The average molecular weight is 245 g/mol. The van der Waals surface area contributed by atoms with E-state index in [0.29, 0.717) is 12.1 Å². The number of likely N-dealkylation sites (tertiary alicyclic amines) is 1. The third-order valence-corrected chi connectivity index (χ3v) is 3.56. The molecule has 18 heavy (non-hydrogen) atoms. The second kappa shape index (κ2) is 4.42. The van der Waals surface area contributed by atoms with E-state index in [2.05, 4.69) is 10.2 Å². The minimum atomic E-state index is -0.0457. The van der Waals surface area contributed by atoms with Gasteiger partial charge in [0.1, 0.15) is 0 Å². The number of nitrogens with zero attached hydrogens (tertiary/aromatic N) is 2. The number of carbonyl (C=O) groups excluding carboxylic acids is 1. The van der Waals surface area contributed by atoms with Gasteiger partial charge in [-0.05, 0) is 18.9 Å². The van der Waals surface area contributed by atoms with E-state index in [0.717, 1.165) is 23.7 Å². The van der Waals surface area contributed by atoms with Crippen molar-refractivity contribution in [3.63, 3.8) is 0 Å². The van der Waals surface area contributed by atoms with Crippen LogP contribution >= 0.6 is 0 Å². The Morgan fingerprint density at radius 1 is 1.56 bits per heavy atom. The van der Waals surface area contributed by atoms with Crippen LogP contribution in [0.15, 0.2) is 24.4 Å². The van der Waals surface area contributed by atoms with Crippen LogP contribution in [-0.4, -0.2) is 45.3 Å². The highest BCUT2D eigenvalue weighted by Gasteiger charge is 2.29. The van der Waals surface area contributed by atoms with Crippen LogP contribution in [0.25, 0.3) is 10.9 Å². The zero-order valence-corrected chi connectivity index (χ0v) is 9.97. The average Bonchev–Trinajstić information content (AvgIpc) is 3.05. The summed E-state index contributed by atoms with van der Waals surface area (Å²) in [6.07, 6.45) is 3.54. The molecule has 1 fully saturated rings. The first-order chi connectivity index (χ1) is 8.81. The number of aliphatic hydroxyl groups excluding tert-OH is 1. The van der Waals surface area contributed by atoms with Crippen molar-refractivity contribution in [2.75, 3.05) is 13.2 Å². The Kier molecular flexibility index (Phi) is 2.76. The van der Waals surface area contributed by atoms with Crippen molar-refractivity contribution in [2.45, 2.75) is 18.9 Å². The lowest BCUT2D eigenvalue weighted by molar-refractivity contribution is 0.0679. The fraction of sp³-hybridized carbons (Fsp3) is 0.385. The Bertz CT molecular complexity index is 578. The maximum Gasteiger partial charge on any atom is 0.256 e. The van der Waals surface area contributed by atoms with Gasteiger partial charge in [-0.15, -0.1) is 0 Å². The number of amides is 1. The number of aromatic nitrogens is 2. The molecule has 1 unspecified atom stereocenters. The normalized spacial score (nSPS) is 19.6. The Morgan fingerprint density at radius 2 is 2.44 bits per heavy atom. The van der Waals surface area contributed by atoms with E-state index in [1.807, 2.05) is 12.1 Å². The number of H-pyrrole nitrogens is 1. The number of nitrogens with one attached hydrogen (secondary N) is 1. The molecule has 1 aromatic carbocycles. The first-order valence-corrected chi connectivity index (χ1v) is 6.15. The highest BCUT2D eigenvalue weighted by molar-refractivity contribution is 6.05. The van der Waals surface area contributed by atoms with Crippen LogP contribution in [0.2, 0.25) is 0 Å². The van der Waals surface area contributed by atoms with E-state index in [4.69, 9.17) is 0 Å². The van der Waals surface area contributed by atoms with Gasteiger partial charge in [0.05, 0.1) is 29.9 Å². The molecule has 0 saturated carbocycles. The summed E-state index contributed by atoms with van der Waals surface area (Å²) < 4.78 is 0. The molecule has 2 N–H and O–H groups in total. The van der Waals surface area contributed by atoms with E-state index in [1.54, 1.807) is 17.2 Å². The molecule has 1 atom stereocenters. The number of para-hydroxylation sites is 1. The zero-order chi connectivity index (χ0) is 12.5. The maximum atomic E-state index is 12.5. The van der Waals surface area contributed by atoms with Gasteiger partial charge in [0, 0.05) is 11.9 Å². The quantitative estimate of drug-likeness (QED) is 0.834. The Hall–Kier alpha value is -1.88. The van der Waals surface area contributed by atoms with Crippen LogP contribution in [0.4, 0.5) is 0 Å². The van der Waals surface area contributed by atoms with Gasteiger partial charge in [-0.2, -0.15) is 5.10 Å². The number of benzene rings is 1. The van der Waals surface area contributed by atoms with E-state index >= 15 is 0 Å². The summed E-state index contributed by atoms with van der Waals surface area (Å²) in [4.78, 5) is 14.3. The molecule has 1 aliphatic rings. The van der Waals surface area contributed by atoms with Gasteiger partial charge in [-0.25, -0.2) is 0 Å². The minimum absolute atomic E-state index is 0.0265. The van der Waals surface area contributed by atoms with Crippen molar-refractivity contribution in [1.29, 1.82) is 0 Å². The summed E-state index contributed by atoms with van der Waals surface area (Å²) in [5.41, 5.74) is 1.40. The molecule has 94 valence electrons. The molecule has 5 heteroatoms. The van der Waals surface area contributed by atoms with Crippen molar-refractivity contribution in [3.8, 4) is 0 Å². The molecule has 2 aromatic rings. The van der Waals surface area contributed by atoms with Gasteiger partial charge in [0.2, 0.25) is 0 Å². The lowest BCUT2D eigenvalue weighted by atomic mass is 10.1. The second-order valence-corrected chi connectivity index (χ2v) is 4.62. The molecule has 0 aliphatic carbocycles.